The lowest BCUT2D eigenvalue weighted by Crippen LogP contribution is -2.54. The van der Waals surface area contributed by atoms with Crippen molar-refractivity contribution in [2.75, 3.05) is 18.5 Å². The minimum absolute atomic E-state index is 0.0820. The van der Waals surface area contributed by atoms with Gasteiger partial charge in [-0.05, 0) is 73.5 Å². The summed E-state index contributed by atoms with van der Waals surface area (Å²) in [7, 11) is 0. The number of carbonyl (C=O) groups excluding carboxylic acids is 1. The number of carbonyl (C=O) groups is 1. The molecule has 0 aromatic heterocycles. The van der Waals surface area contributed by atoms with E-state index in [1.54, 1.807) is 5.57 Å². The molecule has 0 radical (unpaired) electrons. The van der Waals surface area contributed by atoms with Crippen molar-refractivity contribution in [2.45, 2.75) is 84.0 Å². The van der Waals surface area contributed by atoms with Crippen LogP contribution in [-0.2, 0) is 19.0 Å². The number of rotatable bonds is 3. The fourth-order valence-corrected chi connectivity index (χ4v) is 9.24. The number of fused-ring (bicyclic) bond motifs is 5. The highest BCUT2D eigenvalue weighted by Crippen LogP contribution is 2.68. The minimum atomic E-state index is -0.419. The van der Waals surface area contributed by atoms with Gasteiger partial charge in [-0.15, -0.1) is 0 Å². The molecule has 1 saturated heterocycles. The molecule has 5 heteroatoms. The lowest BCUT2D eigenvalue weighted by Gasteiger charge is -2.59. The van der Waals surface area contributed by atoms with Crippen LogP contribution in [0, 0.1) is 34.5 Å². The highest BCUT2D eigenvalue weighted by Gasteiger charge is 2.63. The van der Waals surface area contributed by atoms with Gasteiger partial charge in [-0.3, -0.25) is 4.79 Å². The molecule has 0 N–H and O–H groups in total. The third kappa shape index (κ3) is 3.08. The van der Waals surface area contributed by atoms with E-state index in [4.69, 9.17) is 14.2 Å². The van der Waals surface area contributed by atoms with Crippen LogP contribution in [0.15, 0.2) is 11.6 Å². The molecule has 30 heavy (non-hydrogen) atoms. The molecule has 0 aromatic carbocycles. The van der Waals surface area contributed by atoms with Gasteiger partial charge in [0, 0.05) is 19.3 Å². The highest BCUT2D eigenvalue weighted by atomic mass is 79.9. The second-order valence-corrected chi connectivity index (χ2v) is 11.6. The number of hydrogen-bond acceptors (Lipinski definition) is 4. The van der Waals surface area contributed by atoms with E-state index < -0.39 is 5.79 Å². The van der Waals surface area contributed by atoms with E-state index in [-0.39, 0.29) is 17.5 Å². The molecule has 1 heterocycles. The van der Waals surface area contributed by atoms with Gasteiger partial charge in [-0.2, -0.15) is 0 Å². The van der Waals surface area contributed by atoms with Crippen molar-refractivity contribution < 1.29 is 19.0 Å². The van der Waals surface area contributed by atoms with Gasteiger partial charge in [0.2, 0.25) is 0 Å². The van der Waals surface area contributed by atoms with E-state index in [0.717, 1.165) is 55.6 Å². The van der Waals surface area contributed by atoms with Gasteiger partial charge in [-0.25, -0.2) is 0 Å². The average Bonchev–Trinajstić information content (AvgIpc) is 3.32. The van der Waals surface area contributed by atoms with E-state index >= 15 is 0 Å². The molecule has 4 aliphatic carbocycles. The van der Waals surface area contributed by atoms with Crippen LogP contribution in [0.5, 0.6) is 0 Å². The molecular weight excluding hydrogens is 444 g/mol. The Morgan fingerprint density at radius 2 is 1.90 bits per heavy atom. The summed E-state index contributed by atoms with van der Waals surface area (Å²) in [5, 5.41) is 0.778. The van der Waals surface area contributed by atoms with Crippen LogP contribution in [0.4, 0.5) is 0 Å². The van der Waals surface area contributed by atoms with E-state index in [1.807, 2.05) is 0 Å². The first-order chi connectivity index (χ1) is 14.3. The van der Waals surface area contributed by atoms with Crippen LogP contribution in [0.25, 0.3) is 0 Å². The molecule has 5 rings (SSSR count). The van der Waals surface area contributed by atoms with Gasteiger partial charge in [-0.1, -0.05) is 41.4 Å². The standard InChI is InChI=1S/C25H37BrO4/c1-16(27)30-18-8-10-23(2)17(14-18)4-5-19-20-6-7-22(24(20,3)11-9-21(19)23)25(15-26)28-12-13-29-25/h4,18-22H,5-15H2,1-3H3/t18-,19-,20+,21+,22-,23-,24+/m0/s1. The minimum Gasteiger partial charge on any atom is -0.462 e. The van der Waals surface area contributed by atoms with Crippen LogP contribution in [0.1, 0.15) is 72.1 Å². The van der Waals surface area contributed by atoms with Crippen molar-refractivity contribution in [3.63, 3.8) is 0 Å². The van der Waals surface area contributed by atoms with Crippen LogP contribution in [0.2, 0.25) is 0 Å². The lowest BCUT2D eigenvalue weighted by molar-refractivity contribution is -0.210. The van der Waals surface area contributed by atoms with Gasteiger partial charge < -0.3 is 14.2 Å². The quantitative estimate of drug-likeness (QED) is 0.298. The Kier molecular flexibility index (Phi) is 5.43. The maximum atomic E-state index is 11.5. The summed E-state index contributed by atoms with van der Waals surface area (Å²) < 4.78 is 18.1. The summed E-state index contributed by atoms with van der Waals surface area (Å²) in [6, 6.07) is 0. The van der Waals surface area contributed by atoms with E-state index in [9.17, 15) is 4.79 Å². The van der Waals surface area contributed by atoms with Crippen LogP contribution in [-0.4, -0.2) is 36.4 Å². The monoisotopic (exact) mass is 480 g/mol. The second kappa shape index (κ2) is 7.59. The normalized spacial score (nSPS) is 47.1. The summed E-state index contributed by atoms with van der Waals surface area (Å²) in [5.74, 6) is 2.21. The highest BCUT2D eigenvalue weighted by molar-refractivity contribution is 9.09. The Labute approximate surface area is 189 Å². The predicted molar refractivity (Wildman–Crippen MR) is 119 cm³/mol. The molecule has 1 aliphatic heterocycles. The van der Waals surface area contributed by atoms with Crippen LogP contribution >= 0.6 is 15.9 Å². The van der Waals surface area contributed by atoms with Gasteiger partial charge in [0.1, 0.15) is 6.10 Å². The van der Waals surface area contributed by atoms with Crippen molar-refractivity contribution in [3.05, 3.63) is 11.6 Å². The fraction of sp³-hybridized carbons (Fsp3) is 0.880. The molecule has 0 aromatic rings. The molecule has 0 amide bonds. The number of halogens is 1. The summed E-state index contributed by atoms with van der Waals surface area (Å²) >= 11 is 3.73. The maximum Gasteiger partial charge on any atom is 0.302 e. The Morgan fingerprint density at radius 3 is 2.60 bits per heavy atom. The van der Waals surface area contributed by atoms with Crippen molar-refractivity contribution in [2.24, 2.45) is 34.5 Å². The Hall–Kier alpha value is -0.390. The zero-order chi connectivity index (χ0) is 21.1. The Bertz CT molecular complexity index is 729. The molecule has 7 atom stereocenters. The largest absolute Gasteiger partial charge is 0.462 e. The van der Waals surface area contributed by atoms with Crippen LogP contribution in [0.3, 0.4) is 0 Å². The van der Waals surface area contributed by atoms with Gasteiger partial charge in [0.15, 0.2) is 5.79 Å². The first-order valence-electron chi connectivity index (χ1n) is 12.0. The fourth-order valence-electron chi connectivity index (χ4n) is 8.53. The molecule has 0 spiro atoms. The number of allylic oxidation sites excluding steroid dienone is 1. The lowest BCUT2D eigenvalue weighted by atomic mass is 9.47. The van der Waals surface area contributed by atoms with E-state index in [0.29, 0.717) is 11.3 Å². The second-order valence-electron chi connectivity index (χ2n) is 11.1. The molecule has 3 saturated carbocycles. The third-order valence-electron chi connectivity index (χ3n) is 9.88. The van der Waals surface area contributed by atoms with Crippen LogP contribution < -0.4 is 0 Å². The average molecular weight is 481 g/mol. The number of esters is 1. The van der Waals surface area contributed by atoms with Crippen molar-refractivity contribution in [3.8, 4) is 0 Å². The molecule has 5 aliphatic rings. The summed E-state index contributed by atoms with van der Waals surface area (Å²) in [5.41, 5.74) is 2.15. The molecule has 4 nitrogen and oxygen atoms in total. The summed E-state index contributed by atoms with van der Waals surface area (Å²) in [4.78, 5) is 11.5. The zero-order valence-electron chi connectivity index (χ0n) is 18.8. The maximum absolute atomic E-state index is 11.5. The van der Waals surface area contributed by atoms with E-state index in [2.05, 4.69) is 35.9 Å². The SMILES string of the molecule is CC(=O)O[C@H]1CC[C@@]2(C)C(=CC[C@H]3[C@H]4CC[C@H](C5(CBr)OCCO5)[C@]4(C)CC[C@H]32)C1. The zero-order valence-corrected chi connectivity index (χ0v) is 20.3. The summed E-state index contributed by atoms with van der Waals surface area (Å²) in [6.07, 6.45) is 12.0. The van der Waals surface area contributed by atoms with Gasteiger partial charge in [0.25, 0.3) is 0 Å². The number of hydrogen-bond donors (Lipinski definition) is 0. The first-order valence-corrected chi connectivity index (χ1v) is 13.2. The molecule has 0 unspecified atom stereocenters. The molecule has 4 fully saturated rings. The molecule has 0 bridgehead atoms. The first kappa shape index (κ1) is 21.5. The summed E-state index contributed by atoms with van der Waals surface area (Å²) in [6.45, 7) is 8.04. The smallest absolute Gasteiger partial charge is 0.302 e. The topological polar surface area (TPSA) is 44.8 Å². The van der Waals surface area contributed by atoms with Crippen molar-refractivity contribution >= 4 is 21.9 Å². The molecule has 168 valence electrons. The van der Waals surface area contributed by atoms with Gasteiger partial charge >= 0.3 is 5.97 Å². The number of ether oxygens (including phenoxy) is 3. The number of alkyl halides is 1. The third-order valence-corrected chi connectivity index (χ3v) is 10.7. The van der Waals surface area contributed by atoms with Crippen molar-refractivity contribution in [1.29, 1.82) is 0 Å². The van der Waals surface area contributed by atoms with Crippen molar-refractivity contribution in [1.82, 2.24) is 0 Å². The predicted octanol–water partition coefficient (Wildman–Crippen LogP) is 5.64. The van der Waals surface area contributed by atoms with Gasteiger partial charge in [0.05, 0.1) is 18.5 Å². The Balaban J connectivity index is 1.39. The Morgan fingerprint density at radius 1 is 1.13 bits per heavy atom. The molecular formula is C25H37BrO4. The van der Waals surface area contributed by atoms with E-state index in [1.165, 1.54) is 39.0 Å².